The zero-order valence-electron chi connectivity index (χ0n) is 11.5. The van der Waals surface area contributed by atoms with Crippen LogP contribution < -0.4 is 5.32 Å². The Hall–Kier alpha value is -1.46. The van der Waals surface area contributed by atoms with Gasteiger partial charge in [-0.3, -0.25) is 4.79 Å². The quantitative estimate of drug-likeness (QED) is 0.772. The summed E-state index contributed by atoms with van der Waals surface area (Å²) in [6.07, 6.45) is -0.508. The summed E-state index contributed by atoms with van der Waals surface area (Å²) in [5.41, 5.74) is 0.477. The Kier molecular flexibility index (Phi) is 6.45. The highest BCUT2D eigenvalue weighted by molar-refractivity contribution is 5.94. The molecule has 0 aromatic heterocycles. The summed E-state index contributed by atoms with van der Waals surface area (Å²) in [5.74, 6) is -0.963. The predicted molar refractivity (Wildman–Crippen MR) is 70.5 cm³/mol. The summed E-state index contributed by atoms with van der Waals surface area (Å²) in [4.78, 5) is 11.9. The molecule has 5 heteroatoms. The lowest BCUT2D eigenvalue weighted by Crippen LogP contribution is -2.35. The molecule has 0 saturated carbocycles. The molecule has 0 saturated heterocycles. The highest BCUT2D eigenvalue weighted by Crippen LogP contribution is 2.11. The number of halogens is 1. The summed E-state index contributed by atoms with van der Waals surface area (Å²) in [6, 6.07) is 4.72. The van der Waals surface area contributed by atoms with E-state index in [-0.39, 0.29) is 12.1 Å². The first kappa shape index (κ1) is 15.6. The fraction of sp³-hybridized carbons (Fsp3) is 0.500. The van der Waals surface area contributed by atoms with E-state index in [1.165, 1.54) is 6.07 Å². The molecule has 0 unspecified atom stereocenters. The third kappa shape index (κ3) is 4.61. The van der Waals surface area contributed by atoms with E-state index in [9.17, 15) is 9.18 Å². The average Bonchev–Trinajstić information content (AvgIpc) is 2.39. The number of rotatable bonds is 7. The summed E-state index contributed by atoms with van der Waals surface area (Å²) in [6.45, 7) is 6.46. The molecule has 0 heterocycles. The van der Waals surface area contributed by atoms with Gasteiger partial charge in [-0.15, -0.1) is 0 Å². The molecule has 1 amide bonds. The van der Waals surface area contributed by atoms with Gasteiger partial charge in [0.25, 0.3) is 5.91 Å². The molecular formula is C14H20FNO3. The summed E-state index contributed by atoms with van der Waals surface area (Å²) < 4.78 is 24.3. The van der Waals surface area contributed by atoms with E-state index < -0.39 is 18.0 Å². The average molecular weight is 269 g/mol. The van der Waals surface area contributed by atoms with Gasteiger partial charge in [0.15, 0.2) is 6.29 Å². The van der Waals surface area contributed by atoms with Crippen LogP contribution in [0, 0.1) is 12.7 Å². The number of hydrogen-bond donors (Lipinski definition) is 1. The molecule has 0 spiro atoms. The van der Waals surface area contributed by atoms with Crippen molar-refractivity contribution >= 4 is 5.91 Å². The van der Waals surface area contributed by atoms with Gasteiger partial charge in [-0.25, -0.2) is 4.39 Å². The Bertz CT molecular complexity index is 417. The Morgan fingerprint density at radius 1 is 1.32 bits per heavy atom. The van der Waals surface area contributed by atoms with Gasteiger partial charge < -0.3 is 14.8 Å². The van der Waals surface area contributed by atoms with Crippen molar-refractivity contribution < 1.29 is 18.7 Å². The molecule has 1 N–H and O–H groups in total. The molecule has 0 fully saturated rings. The van der Waals surface area contributed by atoms with Crippen molar-refractivity contribution in [3.63, 3.8) is 0 Å². The number of carbonyl (C=O) groups is 1. The van der Waals surface area contributed by atoms with Gasteiger partial charge in [0.1, 0.15) is 5.82 Å². The number of amides is 1. The second kappa shape index (κ2) is 7.86. The predicted octanol–water partition coefficient (Wildman–Crippen LogP) is 2.26. The molecule has 19 heavy (non-hydrogen) atoms. The first-order chi connectivity index (χ1) is 9.10. The highest BCUT2D eigenvalue weighted by Gasteiger charge is 2.15. The number of ether oxygens (including phenoxy) is 2. The van der Waals surface area contributed by atoms with Crippen molar-refractivity contribution in [1.29, 1.82) is 0 Å². The SMILES string of the molecule is CCOC(CNC(=O)c1cccc(C)c1F)OCC. The van der Waals surface area contributed by atoms with Crippen LogP contribution in [0.15, 0.2) is 18.2 Å². The van der Waals surface area contributed by atoms with Crippen LogP contribution >= 0.6 is 0 Å². The minimum atomic E-state index is -0.508. The third-order valence-corrected chi connectivity index (χ3v) is 2.57. The van der Waals surface area contributed by atoms with Crippen molar-refractivity contribution in [2.75, 3.05) is 19.8 Å². The topological polar surface area (TPSA) is 47.6 Å². The zero-order chi connectivity index (χ0) is 14.3. The van der Waals surface area contributed by atoms with Gasteiger partial charge >= 0.3 is 0 Å². The number of nitrogens with one attached hydrogen (secondary N) is 1. The lowest BCUT2D eigenvalue weighted by molar-refractivity contribution is -0.131. The van der Waals surface area contributed by atoms with E-state index >= 15 is 0 Å². The molecule has 0 aliphatic rings. The molecule has 0 atom stereocenters. The monoisotopic (exact) mass is 269 g/mol. The molecule has 1 aromatic carbocycles. The van der Waals surface area contributed by atoms with Gasteiger partial charge in [-0.1, -0.05) is 12.1 Å². The van der Waals surface area contributed by atoms with Crippen molar-refractivity contribution in [3.8, 4) is 0 Å². The van der Waals surface area contributed by atoms with Crippen LogP contribution in [0.2, 0.25) is 0 Å². The fourth-order valence-corrected chi connectivity index (χ4v) is 1.63. The Labute approximate surface area is 112 Å². The van der Waals surface area contributed by atoms with Crippen molar-refractivity contribution in [2.24, 2.45) is 0 Å². The number of benzene rings is 1. The van der Waals surface area contributed by atoms with E-state index in [1.807, 2.05) is 13.8 Å². The third-order valence-electron chi connectivity index (χ3n) is 2.57. The van der Waals surface area contributed by atoms with Crippen LogP contribution in [0.1, 0.15) is 29.8 Å². The largest absolute Gasteiger partial charge is 0.351 e. The van der Waals surface area contributed by atoms with E-state index in [1.54, 1.807) is 19.1 Å². The van der Waals surface area contributed by atoms with Gasteiger partial charge in [0.2, 0.25) is 0 Å². The molecule has 0 aliphatic heterocycles. The van der Waals surface area contributed by atoms with Crippen LogP contribution in [0.25, 0.3) is 0 Å². The van der Waals surface area contributed by atoms with Gasteiger partial charge in [0, 0.05) is 13.2 Å². The highest BCUT2D eigenvalue weighted by atomic mass is 19.1. The van der Waals surface area contributed by atoms with E-state index in [2.05, 4.69) is 5.32 Å². The number of hydrogen-bond acceptors (Lipinski definition) is 3. The molecule has 4 nitrogen and oxygen atoms in total. The van der Waals surface area contributed by atoms with Gasteiger partial charge in [0.05, 0.1) is 12.1 Å². The molecule has 0 bridgehead atoms. The lowest BCUT2D eigenvalue weighted by Gasteiger charge is -2.17. The summed E-state index contributed by atoms with van der Waals surface area (Å²) in [7, 11) is 0. The first-order valence-corrected chi connectivity index (χ1v) is 6.36. The maximum Gasteiger partial charge on any atom is 0.254 e. The fourth-order valence-electron chi connectivity index (χ4n) is 1.63. The summed E-state index contributed by atoms with van der Waals surface area (Å²) >= 11 is 0. The van der Waals surface area contributed by atoms with Crippen LogP contribution in [0.3, 0.4) is 0 Å². The molecule has 1 rings (SSSR count). The lowest BCUT2D eigenvalue weighted by atomic mass is 10.1. The second-order valence-corrected chi connectivity index (χ2v) is 3.99. The van der Waals surface area contributed by atoms with Gasteiger partial charge in [-0.05, 0) is 32.4 Å². The zero-order valence-corrected chi connectivity index (χ0v) is 11.5. The Balaban J connectivity index is 2.61. The van der Waals surface area contributed by atoms with Crippen LogP contribution in [0.5, 0.6) is 0 Å². The molecular weight excluding hydrogens is 249 g/mol. The maximum absolute atomic E-state index is 13.7. The van der Waals surface area contributed by atoms with E-state index in [4.69, 9.17) is 9.47 Å². The summed E-state index contributed by atoms with van der Waals surface area (Å²) in [5, 5.41) is 2.61. The standard InChI is InChI=1S/C14H20FNO3/c1-4-18-12(19-5-2)9-16-14(17)11-8-6-7-10(3)13(11)15/h6-8,12H,4-5,9H2,1-3H3,(H,16,17). The minimum absolute atomic E-state index is 0.0340. The maximum atomic E-state index is 13.7. The smallest absolute Gasteiger partial charge is 0.254 e. The number of aryl methyl sites for hydroxylation is 1. The Morgan fingerprint density at radius 3 is 2.53 bits per heavy atom. The minimum Gasteiger partial charge on any atom is -0.351 e. The molecule has 106 valence electrons. The van der Waals surface area contributed by atoms with E-state index in [0.717, 1.165) is 0 Å². The molecule has 1 aromatic rings. The Morgan fingerprint density at radius 2 is 1.95 bits per heavy atom. The normalized spacial score (nSPS) is 10.8. The number of carbonyl (C=O) groups excluding carboxylic acids is 1. The first-order valence-electron chi connectivity index (χ1n) is 6.36. The van der Waals surface area contributed by atoms with Crippen LogP contribution in [-0.4, -0.2) is 32.0 Å². The molecule has 0 aliphatic carbocycles. The molecule has 0 radical (unpaired) electrons. The van der Waals surface area contributed by atoms with Crippen LogP contribution in [-0.2, 0) is 9.47 Å². The van der Waals surface area contributed by atoms with Gasteiger partial charge in [-0.2, -0.15) is 0 Å². The van der Waals surface area contributed by atoms with Crippen LogP contribution in [0.4, 0.5) is 4.39 Å². The van der Waals surface area contributed by atoms with Crippen molar-refractivity contribution in [1.82, 2.24) is 5.32 Å². The second-order valence-electron chi connectivity index (χ2n) is 3.99. The van der Waals surface area contributed by atoms with Crippen molar-refractivity contribution in [3.05, 3.63) is 35.1 Å². The van der Waals surface area contributed by atoms with Crippen molar-refractivity contribution in [2.45, 2.75) is 27.1 Å². The van der Waals surface area contributed by atoms with E-state index in [0.29, 0.717) is 18.8 Å².